The number of nitro groups is 1. The molecule has 9 nitrogen and oxygen atoms in total. The standard InChI is InChI=1S/C22H15Cl2N5O4/c23-15-8-6-12(10-16(15)24)21(30)19(28-27-13-4-2-1-3-5-13)20-22(31)26-18-11-14(29(32)33)7-9-17(18)25-20/h1-11,21,27,30H,(H,26,31)/b28-19+/t21-/m1/s1. The van der Waals surface area contributed by atoms with E-state index in [-0.39, 0.29) is 33.1 Å². The summed E-state index contributed by atoms with van der Waals surface area (Å²) in [6.45, 7) is 0. The molecular weight excluding hydrogens is 469 g/mol. The highest BCUT2D eigenvalue weighted by Gasteiger charge is 2.23. The monoisotopic (exact) mass is 483 g/mol. The van der Waals surface area contributed by atoms with Crippen LogP contribution in [0.4, 0.5) is 11.4 Å². The molecule has 166 valence electrons. The zero-order valence-electron chi connectivity index (χ0n) is 16.7. The van der Waals surface area contributed by atoms with E-state index in [1.54, 1.807) is 30.3 Å². The number of hydrogen-bond acceptors (Lipinski definition) is 7. The first-order chi connectivity index (χ1) is 15.8. The first-order valence-corrected chi connectivity index (χ1v) is 10.3. The van der Waals surface area contributed by atoms with E-state index in [1.807, 2.05) is 6.07 Å². The molecule has 0 aliphatic carbocycles. The Balaban J connectivity index is 1.84. The Morgan fingerprint density at radius 2 is 1.85 bits per heavy atom. The molecule has 1 heterocycles. The van der Waals surface area contributed by atoms with E-state index in [9.17, 15) is 20.0 Å². The summed E-state index contributed by atoms with van der Waals surface area (Å²) in [5.74, 6) is 0. The lowest BCUT2D eigenvalue weighted by Crippen LogP contribution is -2.26. The number of aliphatic hydroxyl groups is 1. The maximum absolute atomic E-state index is 12.9. The number of rotatable bonds is 6. The molecule has 0 saturated heterocycles. The van der Waals surface area contributed by atoms with E-state index >= 15 is 0 Å². The molecule has 0 aliphatic heterocycles. The average molecular weight is 484 g/mol. The van der Waals surface area contributed by atoms with E-state index in [2.05, 4.69) is 20.5 Å². The quantitative estimate of drug-likeness (QED) is 0.207. The van der Waals surface area contributed by atoms with Gasteiger partial charge in [0.05, 0.1) is 31.7 Å². The fraction of sp³-hybridized carbons (Fsp3) is 0.0455. The number of aromatic amines is 1. The Bertz CT molecular complexity index is 1440. The number of nitrogens with one attached hydrogen (secondary N) is 2. The topological polar surface area (TPSA) is 134 Å². The molecule has 0 radical (unpaired) electrons. The normalized spacial score (nSPS) is 12.5. The number of aliphatic hydroxyl groups excluding tert-OH is 1. The molecule has 3 aromatic carbocycles. The number of nitrogens with zero attached hydrogens (tertiary/aromatic N) is 3. The lowest BCUT2D eigenvalue weighted by Gasteiger charge is -2.15. The minimum absolute atomic E-state index is 0.0845. The summed E-state index contributed by atoms with van der Waals surface area (Å²) in [6.07, 6.45) is -1.39. The second kappa shape index (κ2) is 9.37. The highest BCUT2D eigenvalue weighted by Crippen LogP contribution is 2.27. The van der Waals surface area contributed by atoms with Crippen LogP contribution in [-0.2, 0) is 0 Å². The molecule has 0 amide bonds. The fourth-order valence-corrected chi connectivity index (χ4v) is 3.39. The van der Waals surface area contributed by atoms with Gasteiger partial charge in [-0.2, -0.15) is 5.10 Å². The van der Waals surface area contributed by atoms with Crippen LogP contribution < -0.4 is 11.0 Å². The summed E-state index contributed by atoms with van der Waals surface area (Å²) in [5, 5.41) is 26.9. The number of H-pyrrole nitrogens is 1. The molecule has 1 aromatic heterocycles. The minimum atomic E-state index is -1.39. The van der Waals surface area contributed by atoms with Crippen molar-refractivity contribution >= 4 is 51.3 Å². The van der Waals surface area contributed by atoms with Crippen LogP contribution in [0.15, 0.2) is 76.6 Å². The molecular formula is C22H15Cl2N5O4. The molecule has 0 aliphatic rings. The van der Waals surface area contributed by atoms with E-state index in [0.717, 1.165) is 0 Å². The van der Waals surface area contributed by atoms with Gasteiger partial charge in [-0.05, 0) is 35.9 Å². The van der Waals surface area contributed by atoms with Gasteiger partial charge in [0.1, 0.15) is 11.8 Å². The van der Waals surface area contributed by atoms with Gasteiger partial charge in [-0.15, -0.1) is 0 Å². The smallest absolute Gasteiger partial charge is 0.276 e. The molecule has 11 heteroatoms. The molecule has 0 fully saturated rings. The van der Waals surface area contributed by atoms with Gasteiger partial charge in [-0.3, -0.25) is 20.3 Å². The number of para-hydroxylation sites is 1. The fourth-order valence-electron chi connectivity index (χ4n) is 3.08. The molecule has 0 saturated carbocycles. The SMILES string of the molecule is O=c1[nH]c2cc([N+](=O)[O-])ccc2nc1/C(=N\Nc1ccccc1)[C@H](O)c1ccc(Cl)c(Cl)c1. The number of anilines is 1. The van der Waals surface area contributed by atoms with Gasteiger partial charge < -0.3 is 10.1 Å². The van der Waals surface area contributed by atoms with E-state index in [4.69, 9.17) is 23.2 Å². The highest BCUT2D eigenvalue weighted by atomic mass is 35.5. The summed E-state index contributed by atoms with van der Waals surface area (Å²) in [4.78, 5) is 30.2. The Labute approximate surface area is 196 Å². The van der Waals surface area contributed by atoms with Crippen molar-refractivity contribution in [3.05, 3.63) is 109 Å². The Kier molecular flexibility index (Phi) is 6.36. The molecule has 4 rings (SSSR count). The van der Waals surface area contributed by atoms with Gasteiger partial charge in [0.15, 0.2) is 5.69 Å². The predicted octanol–water partition coefficient (Wildman–Crippen LogP) is 4.69. The van der Waals surface area contributed by atoms with Crippen molar-refractivity contribution in [2.75, 3.05) is 5.43 Å². The molecule has 4 aromatic rings. The van der Waals surface area contributed by atoms with Crippen molar-refractivity contribution in [2.24, 2.45) is 5.10 Å². The van der Waals surface area contributed by atoms with Gasteiger partial charge in [0, 0.05) is 12.1 Å². The van der Waals surface area contributed by atoms with Gasteiger partial charge >= 0.3 is 0 Å². The summed E-state index contributed by atoms with van der Waals surface area (Å²) < 4.78 is 0. The summed E-state index contributed by atoms with van der Waals surface area (Å²) in [7, 11) is 0. The molecule has 33 heavy (non-hydrogen) atoms. The van der Waals surface area contributed by atoms with Crippen LogP contribution in [0, 0.1) is 10.1 Å². The lowest BCUT2D eigenvalue weighted by atomic mass is 10.0. The Hall–Kier alpha value is -3.79. The first-order valence-electron chi connectivity index (χ1n) is 9.54. The number of fused-ring (bicyclic) bond motifs is 1. The van der Waals surface area contributed by atoms with Crippen molar-refractivity contribution in [2.45, 2.75) is 6.10 Å². The van der Waals surface area contributed by atoms with Gasteiger partial charge in [0.2, 0.25) is 0 Å². The molecule has 0 spiro atoms. The third kappa shape index (κ3) is 4.85. The first kappa shape index (κ1) is 22.4. The maximum Gasteiger partial charge on any atom is 0.276 e. The largest absolute Gasteiger partial charge is 0.382 e. The number of non-ortho nitro benzene ring substituents is 1. The van der Waals surface area contributed by atoms with Crippen molar-refractivity contribution in [3.8, 4) is 0 Å². The number of benzene rings is 3. The Morgan fingerprint density at radius 3 is 2.55 bits per heavy atom. The third-order valence-corrected chi connectivity index (χ3v) is 5.47. The van der Waals surface area contributed by atoms with Crippen LogP contribution >= 0.6 is 23.2 Å². The van der Waals surface area contributed by atoms with Crippen LogP contribution in [-0.4, -0.2) is 25.7 Å². The van der Waals surface area contributed by atoms with Gasteiger partial charge in [-0.25, -0.2) is 4.98 Å². The Morgan fingerprint density at radius 1 is 1.09 bits per heavy atom. The third-order valence-electron chi connectivity index (χ3n) is 4.73. The zero-order chi connectivity index (χ0) is 23.5. The molecule has 1 atom stereocenters. The van der Waals surface area contributed by atoms with Crippen LogP contribution in [0.5, 0.6) is 0 Å². The maximum atomic E-state index is 12.9. The van der Waals surface area contributed by atoms with Crippen molar-refractivity contribution < 1.29 is 10.0 Å². The van der Waals surface area contributed by atoms with Crippen molar-refractivity contribution in [1.29, 1.82) is 0 Å². The van der Waals surface area contributed by atoms with Crippen LogP contribution in [0.25, 0.3) is 11.0 Å². The summed E-state index contributed by atoms with van der Waals surface area (Å²) >= 11 is 12.1. The molecule has 0 bridgehead atoms. The van der Waals surface area contributed by atoms with E-state index in [0.29, 0.717) is 16.3 Å². The van der Waals surface area contributed by atoms with Crippen LogP contribution in [0.1, 0.15) is 17.4 Å². The number of hydrogen-bond donors (Lipinski definition) is 3. The number of hydrazone groups is 1. The predicted molar refractivity (Wildman–Crippen MR) is 127 cm³/mol. The number of aromatic nitrogens is 2. The zero-order valence-corrected chi connectivity index (χ0v) is 18.2. The number of nitro benzene ring substituents is 1. The molecule has 0 unspecified atom stereocenters. The van der Waals surface area contributed by atoms with E-state index < -0.39 is 16.6 Å². The van der Waals surface area contributed by atoms with Gasteiger partial charge in [-0.1, -0.05) is 47.5 Å². The van der Waals surface area contributed by atoms with Crippen LogP contribution in [0.2, 0.25) is 10.0 Å². The van der Waals surface area contributed by atoms with Gasteiger partial charge in [0.25, 0.3) is 11.2 Å². The number of halogens is 2. The van der Waals surface area contributed by atoms with E-state index in [1.165, 1.54) is 30.3 Å². The lowest BCUT2D eigenvalue weighted by molar-refractivity contribution is -0.384. The second-order valence-corrected chi connectivity index (χ2v) is 7.74. The molecule has 3 N–H and O–H groups in total. The van der Waals surface area contributed by atoms with Crippen LogP contribution in [0.3, 0.4) is 0 Å². The second-order valence-electron chi connectivity index (χ2n) is 6.92. The average Bonchev–Trinajstić information content (AvgIpc) is 2.81. The van der Waals surface area contributed by atoms with Crippen molar-refractivity contribution in [3.63, 3.8) is 0 Å². The van der Waals surface area contributed by atoms with Crippen molar-refractivity contribution in [1.82, 2.24) is 9.97 Å². The minimum Gasteiger partial charge on any atom is -0.382 e. The summed E-state index contributed by atoms with van der Waals surface area (Å²) in [6, 6.07) is 17.3. The summed E-state index contributed by atoms with van der Waals surface area (Å²) in [5.41, 5.74) is 3.09. The highest BCUT2D eigenvalue weighted by molar-refractivity contribution is 6.42.